The minimum absolute atomic E-state index is 0.0970. The van der Waals surface area contributed by atoms with Gasteiger partial charge in [-0.15, -0.1) is 5.54 Å². The zero-order valence-electron chi connectivity index (χ0n) is 16.9. The van der Waals surface area contributed by atoms with E-state index in [0.29, 0.717) is 22.2 Å². The molecule has 0 saturated carbocycles. The number of hydrogen-bond donors (Lipinski definition) is 0. The van der Waals surface area contributed by atoms with Crippen molar-refractivity contribution in [2.75, 3.05) is 0 Å². The summed E-state index contributed by atoms with van der Waals surface area (Å²) in [6.07, 6.45) is 1.87. The van der Waals surface area contributed by atoms with Gasteiger partial charge in [0.25, 0.3) is 0 Å². The second-order valence-electron chi connectivity index (χ2n) is 7.57. The van der Waals surface area contributed by atoms with Crippen molar-refractivity contribution < 1.29 is 4.79 Å². The number of benzene rings is 1. The second kappa shape index (κ2) is 9.64. The van der Waals surface area contributed by atoms with Crippen molar-refractivity contribution in [3.63, 3.8) is 0 Å². The number of unbranched alkanes of at least 4 members (excludes halogenated alkanes) is 1. The summed E-state index contributed by atoms with van der Waals surface area (Å²) >= 11 is 0. The molecular formula is C23H32OSi. The largest absolute Gasteiger partial charge is 0.279 e. The third kappa shape index (κ3) is 5.10. The summed E-state index contributed by atoms with van der Waals surface area (Å²) in [6.45, 7) is 15.7. The molecule has 134 valence electrons. The zero-order chi connectivity index (χ0) is 19.0. The molecule has 0 aliphatic heterocycles. The number of hydrogen-bond acceptors (Lipinski definition) is 1. The Balaban J connectivity index is 3.28. The molecule has 0 N–H and O–H groups in total. The Labute approximate surface area is 155 Å². The third-order valence-electron chi connectivity index (χ3n) is 5.03. The minimum atomic E-state index is -1.89. The van der Waals surface area contributed by atoms with Gasteiger partial charge in [-0.25, -0.2) is 0 Å². The second-order valence-corrected chi connectivity index (χ2v) is 13.2. The predicted octanol–water partition coefficient (Wildman–Crippen LogP) is 6.24. The summed E-state index contributed by atoms with van der Waals surface area (Å²) in [5.41, 5.74) is 6.51. The average molecular weight is 353 g/mol. The molecule has 0 atom stereocenters. The zero-order valence-corrected chi connectivity index (χ0v) is 17.9. The first-order chi connectivity index (χ1) is 11.8. The van der Waals surface area contributed by atoms with Crippen molar-refractivity contribution in [2.24, 2.45) is 0 Å². The average Bonchev–Trinajstić information content (AvgIpc) is 2.55. The maximum atomic E-state index is 12.8. The van der Waals surface area contributed by atoms with Crippen LogP contribution in [0, 0.1) is 23.3 Å². The Morgan fingerprint density at radius 2 is 1.56 bits per heavy atom. The first-order valence-electron chi connectivity index (χ1n) is 9.42. The molecule has 0 aromatic heterocycles. The van der Waals surface area contributed by atoms with Gasteiger partial charge in [0.2, 0.25) is 5.78 Å². The van der Waals surface area contributed by atoms with Crippen LogP contribution in [-0.4, -0.2) is 13.9 Å². The maximum Gasteiger partial charge on any atom is 0.236 e. The summed E-state index contributed by atoms with van der Waals surface area (Å²) in [4.78, 5) is 12.8. The Hall–Kier alpha value is -1.77. The van der Waals surface area contributed by atoms with Crippen LogP contribution in [0.1, 0.15) is 77.2 Å². The van der Waals surface area contributed by atoms with Crippen molar-refractivity contribution in [3.05, 3.63) is 35.4 Å². The van der Waals surface area contributed by atoms with Gasteiger partial charge in [-0.2, -0.15) is 0 Å². The van der Waals surface area contributed by atoms with Crippen molar-refractivity contribution >= 4 is 13.9 Å². The molecule has 1 rings (SSSR count). The lowest BCUT2D eigenvalue weighted by Gasteiger charge is -2.37. The molecule has 0 heterocycles. The van der Waals surface area contributed by atoms with Gasteiger partial charge in [0.15, 0.2) is 0 Å². The van der Waals surface area contributed by atoms with Gasteiger partial charge >= 0.3 is 0 Å². The lowest BCUT2D eigenvalue weighted by molar-refractivity contribution is 0.105. The van der Waals surface area contributed by atoms with Crippen LogP contribution in [0.2, 0.25) is 16.6 Å². The first kappa shape index (κ1) is 21.3. The molecule has 2 heteroatoms. The van der Waals surface area contributed by atoms with Crippen LogP contribution in [-0.2, 0) is 0 Å². The third-order valence-corrected chi connectivity index (χ3v) is 11.3. The fourth-order valence-corrected chi connectivity index (χ4v) is 8.93. The summed E-state index contributed by atoms with van der Waals surface area (Å²) in [6, 6.07) is 7.57. The van der Waals surface area contributed by atoms with Crippen LogP contribution in [0.15, 0.2) is 24.3 Å². The first-order valence-corrected chi connectivity index (χ1v) is 11.7. The highest BCUT2D eigenvalue weighted by Gasteiger charge is 2.41. The molecule has 0 aliphatic carbocycles. The highest BCUT2D eigenvalue weighted by molar-refractivity contribution is 6.90. The molecule has 25 heavy (non-hydrogen) atoms. The van der Waals surface area contributed by atoms with Crippen LogP contribution in [0.5, 0.6) is 0 Å². The number of carbonyl (C=O) groups excluding carboxylic acids is 1. The monoisotopic (exact) mass is 352 g/mol. The normalized spacial score (nSPS) is 11.1. The summed E-state index contributed by atoms with van der Waals surface area (Å²) in [5, 5.41) is 0. The SMILES string of the molecule is CCCC#Cc1ccccc1C(=O)C#C[Si](C(C)C)(C(C)C)C(C)C. The summed E-state index contributed by atoms with van der Waals surface area (Å²) in [5.74, 6) is 9.19. The number of Topliss-reactive ketones (excluding diaryl/α,β-unsaturated/α-hetero) is 1. The molecule has 0 saturated heterocycles. The Morgan fingerprint density at radius 1 is 1.00 bits per heavy atom. The molecule has 0 bridgehead atoms. The van der Waals surface area contributed by atoms with Gasteiger partial charge in [-0.1, -0.05) is 72.4 Å². The van der Waals surface area contributed by atoms with E-state index in [2.05, 4.69) is 71.8 Å². The predicted molar refractivity (Wildman–Crippen MR) is 111 cm³/mol. The Kier molecular flexibility index (Phi) is 8.20. The number of carbonyl (C=O) groups is 1. The molecule has 0 radical (unpaired) electrons. The molecule has 1 aromatic rings. The molecule has 0 unspecified atom stereocenters. The van der Waals surface area contributed by atoms with E-state index in [0.717, 1.165) is 18.4 Å². The minimum Gasteiger partial charge on any atom is -0.279 e. The quantitative estimate of drug-likeness (QED) is 0.348. The molecule has 1 nitrogen and oxygen atoms in total. The van der Waals surface area contributed by atoms with E-state index >= 15 is 0 Å². The maximum absolute atomic E-state index is 12.8. The van der Waals surface area contributed by atoms with Gasteiger partial charge in [0.1, 0.15) is 8.07 Å². The van der Waals surface area contributed by atoms with Gasteiger partial charge in [0.05, 0.1) is 0 Å². The fourth-order valence-electron chi connectivity index (χ4n) is 3.74. The van der Waals surface area contributed by atoms with Crippen molar-refractivity contribution in [1.29, 1.82) is 0 Å². The van der Waals surface area contributed by atoms with E-state index in [1.807, 2.05) is 24.3 Å². The standard InChI is InChI=1S/C23H32OSi/c1-8-9-10-13-21-14-11-12-15-22(21)23(24)16-17-25(18(2)3,19(4)5)20(6)7/h11-12,14-15,18-20H,8-9H2,1-7H3. The van der Waals surface area contributed by atoms with Crippen molar-refractivity contribution in [1.82, 2.24) is 0 Å². The van der Waals surface area contributed by atoms with Crippen molar-refractivity contribution in [3.8, 4) is 23.3 Å². The molecule has 0 spiro atoms. The Bertz CT molecular complexity index is 683. The molecule has 0 fully saturated rings. The summed E-state index contributed by atoms with van der Waals surface area (Å²) < 4.78 is 0. The van der Waals surface area contributed by atoms with Crippen LogP contribution in [0.4, 0.5) is 0 Å². The van der Waals surface area contributed by atoms with Crippen LogP contribution < -0.4 is 0 Å². The van der Waals surface area contributed by atoms with Crippen LogP contribution in [0.3, 0.4) is 0 Å². The molecule has 0 amide bonds. The highest BCUT2D eigenvalue weighted by Crippen LogP contribution is 2.40. The Morgan fingerprint density at radius 3 is 2.08 bits per heavy atom. The van der Waals surface area contributed by atoms with Gasteiger partial charge in [0, 0.05) is 17.5 Å². The lowest BCUT2D eigenvalue weighted by Crippen LogP contribution is -2.43. The molecule has 0 aliphatic rings. The van der Waals surface area contributed by atoms with Crippen LogP contribution in [0.25, 0.3) is 0 Å². The van der Waals surface area contributed by atoms with E-state index in [-0.39, 0.29) is 5.78 Å². The van der Waals surface area contributed by atoms with Crippen LogP contribution >= 0.6 is 0 Å². The smallest absolute Gasteiger partial charge is 0.236 e. The van der Waals surface area contributed by atoms with E-state index in [1.165, 1.54) is 0 Å². The molecular weight excluding hydrogens is 320 g/mol. The van der Waals surface area contributed by atoms with Gasteiger partial charge in [-0.05, 0) is 41.1 Å². The molecule has 1 aromatic carbocycles. The van der Waals surface area contributed by atoms with E-state index < -0.39 is 8.07 Å². The number of ketones is 1. The van der Waals surface area contributed by atoms with E-state index in [4.69, 9.17) is 0 Å². The van der Waals surface area contributed by atoms with Crippen molar-refractivity contribution in [2.45, 2.75) is 77.9 Å². The van der Waals surface area contributed by atoms with E-state index in [1.54, 1.807) is 0 Å². The van der Waals surface area contributed by atoms with Gasteiger partial charge in [-0.3, -0.25) is 4.79 Å². The highest BCUT2D eigenvalue weighted by atomic mass is 28.3. The van der Waals surface area contributed by atoms with Gasteiger partial charge < -0.3 is 0 Å². The lowest BCUT2D eigenvalue weighted by atomic mass is 10.0. The van der Waals surface area contributed by atoms with E-state index in [9.17, 15) is 4.79 Å². The summed E-state index contributed by atoms with van der Waals surface area (Å²) in [7, 11) is -1.89. The number of rotatable bonds is 5. The fraction of sp³-hybridized carbons (Fsp3) is 0.522. The topological polar surface area (TPSA) is 17.1 Å².